The van der Waals surface area contributed by atoms with Crippen LogP contribution in [0, 0.1) is 0 Å². The highest BCUT2D eigenvalue weighted by molar-refractivity contribution is 7.89. The van der Waals surface area contributed by atoms with Crippen LogP contribution in [0.4, 0.5) is 0 Å². The highest BCUT2D eigenvalue weighted by Crippen LogP contribution is 2.36. The van der Waals surface area contributed by atoms with Crippen LogP contribution < -0.4 is 19.5 Å². The largest absolute Gasteiger partial charge is 0.454 e. The van der Waals surface area contributed by atoms with Crippen molar-refractivity contribution in [1.29, 1.82) is 0 Å². The maximum absolute atomic E-state index is 12.4. The monoisotopic (exact) mass is 444 g/mol. The number of amides is 1. The first-order valence-electron chi connectivity index (χ1n) is 10.5. The fraction of sp³-hybridized carbons (Fsp3) is 0.435. The van der Waals surface area contributed by atoms with E-state index in [1.807, 2.05) is 18.2 Å². The van der Waals surface area contributed by atoms with Crippen LogP contribution >= 0.6 is 0 Å². The lowest BCUT2D eigenvalue weighted by atomic mass is 9.84. The van der Waals surface area contributed by atoms with Crippen LogP contribution in [0.2, 0.25) is 0 Å². The zero-order chi connectivity index (χ0) is 22.1. The minimum atomic E-state index is -3.45. The first kappa shape index (κ1) is 21.6. The quantitative estimate of drug-likeness (QED) is 0.620. The molecule has 0 radical (unpaired) electrons. The van der Waals surface area contributed by atoms with Crippen LogP contribution in [0.5, 0.6) is 11.5 Å². The zero-order valence-electron chi connectivity index (χ0n) is 17.8. The molecule has 1 aliphatic carbocycles. The molecule has 166 valence electrons. The maximum atomic E-state index is 12.4. The van der Waals surface area contributed by atoms with Crippen LogP contribution in [-0.4, -0.2) is 33.7 Å². The number of nitrogens with one attached hydrogen (secondary N) is 2. The molecule has 1 fully saturated rings. The second-order valence-corrected chi connectivity index (χ2v) is 10.5. The zero-order valence-corrected chi connectivity index (χ0v) is 18.6. The van der Waals surface area contributed by atoms with Crippen molar-refractivity contribution < 1.29 is 22.7 Å². The predicted octanol–water partition coefficient (Wildman–Crippen LogP) is 2.88. The number of aryl methyl sites for hydroxylation is 1. The average molecular weight is 445 g/mol. The van der Waals surface area contributed by atoms with Gasteiger partial charge in [-0.2, -0.15) is 0 Å². The van der Waals surface area contributed by atoms with Gasteiger partial charge in [0.1, 0.15) is 0 Å². The number of hydrogen-bond acceptors (Lipinski definition) is 5. The molecule has 1 heterocycles. The Morgan fingerprint density at radius 1 is 1.06 bits per heavy atom. The number of sulfonamides is 1. The number of hydrogen-bond donors (Lipinski definition) is 2. The van der Waals surface area contributed by atoms with Crippen molar-refractivity contribution in [3.05, 3.63) is 53.6 Å². The van der Waals surface area contributed by atoms with Crippen LogP contribution in [0.15, 0.2) is 47.4 Å². The second-order valence-electron chi connectivity index (χ2n) is 8.77. The lowest BCUT2D eigenvalue weighted by Crippen LogP contribution is -2.36. The minimum Gasteiger partial charge on any atom is -0.454 e. The van der Waals surface area contributed by atoms with Gasteiger partial charge in [0.15, 0.2) is 11.5 Å². The van der Waals surface area contributed by atoms with Crippen molar-refractivity contribution in [3.63, 3.8) is 0 Å². The number of rotatable bonds is 9. The van der Waals surface area contributed by atoms with Gasteiger partial charge in [-0.05, 0) is 54.7 Å². The Hall–Kier alpha value is -2.58. The normalized spacial score (nSPS) is 15.7. The molecule has 2 aromatic rings. The van der Waals surface area contributed by atoms with Gasteiger partial charge in [-0.3, -0.25) is 4.79 Å². The SMILES string of the molecule is CC(C)(CNC(=O)CCc1ccc(S(=O)(=O)NC2CC2)cc1)c1ccc2c(c1)OCO2. The summed E-state index contributed by atoms with van der Waals surface area (Å²) in [7, 11) is -3.45. The van der Waals surface area contributed by atoms with Crippen molar-refractivity contribution in [3.8, 4) is 11.5 Å². The fourth-order valence-electron chi connectivity index (χ4n) is 3.41. The van der Waals surface area contributed by atoms with Gasteiger partial charge in [0.05, 0.1) is 4.90 Å². The molecule has 2 aromatic carbocycles. The highest BCUT2D eigenvalue weighted by atomic mass is 32.2. The highest BCUT2D eigenvalue weighted by Gasteiger charge is 2.28. The summed E-state index contributed by atoms with van der Waals surface area (Å²) in [4.78, 5) is 12.6. The van der Waals surface area contributed by atoms with Gasteiger partial charge in [-0.25, -0.2) is 13.1 Å². The van der Waals surface area contributed by atoms with E-state index in [0.29, 0.717) is 19.4 Å². The molecular formula is C23H28N2O5S. The van der Waals surface area contributed by atoms with Gasteiger partial charge in [-0.1, -0.05) is 32.0 Å². The first-order chi connectivity index (χ1) is 14.7. The molecular weight excluding hydrogens is 416 g/mol. The third-order valence-electron chi connectivity index (χ3n) is 5.66. The molecule has 2 aliphatic rings. The molecule has 1 saturated carbocycles. The number of fused-ring (bicyclic) bond motifs is 1. The molecule has 2 N–H and O–H groups in total. The summed E-state index contributed by atoms with van der Waals surface area (Å²) in [6.07, 6.45) is 2.69. The van der Waals surface area contributed by atoms with E-state index >= 15 is 0 Å². The number of carbonyl (C=O) groups is 1. The van der Waals surface area contributed by atoms with E-state index < -0.39 is 10.0 Å². The molecule has 1 aliphatic heterocycles. The van der Waals surface area contributed by atoms with Gasteiger partial charge >= 0.3 is 0 Å². The summed E-state index contributed by atoms with van der Waals surface area (Å²) in [5, 5.41) is 3.01. The Bertz CT molecular complexity index is 1060. The Morgan fingerprint density at radius 3 is 2.48 bits per heavy atom. The summed E-state index contributed by atoms with van der Waals surface area (Å²) in [6.45, 7) is 4.87. The van der Waals surface area contributed by atoms with E-state index in [0.717, 1.165) is 35.5 Å². The molecule has 0 bridgehead atoms. The van der Waals surface area contributed by atoms with Crippen molar-refractivity contribution in [1.82, 2.24) is 10.0 Å². The third kappa shape index (κ3) is 5.37. The number of ether oxygens (including phenoxy) is 2. The van der Waals surface area contributed by atoms with E-state index in [4.69, 9.17) is 9.47 Å². The summed E-state index contributed by atoms with van der Waals surface area (Å²) >= 11 is 0. The molecule has 31 heavy (non-hydrogen) atoms. The van der Waals surface area contributed by atoms with Crippen LogP contribution in [0.3, 0.4) is 0 Å². The van der Waals surface area contributed by atoms with E-state index in [1.54, 1.807) is 24.3 Å². The Labute approximate surface area is 183 Å². The molecule has 0 saturated heterocycles. The molecule has 7 nitrogen and oxygen atoms in total. The topological polar surface area (TPSA) is 93.7 Å². The smallest absolute Gasteiger partial charge is 0.240 e. The fourth-order valence-corrected chi connectivity index (χ4v) is 4.71. The molecule has 0 atom stereocenters. The van der Waals surface area contributed by atoms with Crippen LogP contribution in [-0.2, 0) is 26.7 Å². The predicted molar refractivity (Wildman–Crippen MR) is 117 cm³/mol. The number of benzene rings is 2. The summed E-state index contributed by atoms with van der Waals surface area (Å²) in [6, 6.07) is 12.7. The van der Waals surface area contributed by atoms with Crippen LogP contribution in [0.1, 0.15) is 44.2 Å². The third-order valence-corrected chi connectivity index (χ3v) is 7.19. The lowest BCUT2D eigenvalue weighted by Gasteiger charge is -2.26. The summed E-state index contributed by atoms with van der Waals surface area (Å²) < 4.78 is 37.9. The molecule has 0 unspecified atom stereocenters. The van der Waals surface area contributed by atoms with E-state index in [2.05, 4.69) is 23.9 Å². The Balaban J connectivity index is 1.27. The van der Waals surface area contributed by atoms with Crippen molar-refractivity contribution in [2.45, 2.75) is 55.9 Å². The van der Waals surface area contributed by atoms with Gasteiger partial charge in [0.2, 0.25) is 22.7 Å². The Kier molecular flexibility index (Phi) is 5.94. The maximum Gasteiger partial charge on any atom is 0.240 e. The van der Waals surface area contributed by atoms with Gasteiger partial charge in [-0.15, -0.1) is 0 Å². The molecule has 8 heteroatoms. The minimum absolute atomic E-state index is 0.0408. The summed E-state index contributed by atoms with van der Waals surface area (Å²) in [5.41, 5.74) is 1.73. The van der Waals surface area contributed by atoms with Gasteiger partial charge in [0, 0.05) is 24.4 Å². The number of carbonyl (C=O) groups excluding carboxylic acids is 1. The van der Waals surface area contributed by atoms with E-state index in [1.165, 1.54) is 0 Å². The Morgan fingerprint density at radius 2 is 1.77 bits per heavy atom. The van der Waals surface area contributed by atoms with Gasteiger partial charge < -0.3 is 14.8 Å². The van der Waals surface area contributed by atoms with Crippen molar-refractivity contribution in [2.24, 2.45) is 0 Å². The molecule has 4 rings (SSSR count). The van der Waals surface area contributed by atoms with E-state index in [-0.39, 0.29) is 29.1 Å². The average Bonchev–Trinajstić information content (AvgIpc) is 3.42. The van der Waals surface area contributed by atoms with Crippen molar-refractivity contribution >= 4 is 15.9 Å². The standard InChI is InChI=1S/C23H28N2O5S/c1-23(2,17-6-11-20-21(13-17)30-15-29-20)14-24-22(26)12-5-16-3-9-19(10-4-16)31(27,28)25-18-7-8-18/h3-4,6,9-11,13,18,25H,5,7-8,12,14-15H2,1-2H3,(H,24,26). The van der Waals surface area contributed by atoms with Gasteiger partial charge in [0.25, 0.3) is 0 Å². The second kappa shape index (κ2) is 8.51. The molecule has 0 spiro atoms. The van der Waals surface area contributed by atoms with Crippen LogP contribution in [0.25, 0.3) is 0 Å². The summed E-state index contributed by atoms with van der Waals surface area (Å²) in [5.74, 6) is 1.43. The first-order valence-corrected chi connectivity index (χ1v) is 12.0. The lowest BCUT2D eigenvalue weighted by molar-refractivity contribution is -0.121. The molecule has 1 amide bonds. The molecule has 0 aromatic heterocycles. The van der Waals surface area contributed by atoms with E-state index in [9.17, 15) is 13.2 Å². The van der Waals surface area contributed by atoms with Crippen molar-refractivity contribution in [2.75, 3.05) is 13.3 Å².